The molecule has 26 heavy (non-hydrogen) atoms. The normalized spacial score (nSPS) is 18.9. The van der Waals surface area contributed by atoms with Gasteiger partial charge in [-0.25, -0.2) is 4.99 Å². The van der Waals surface area contributed by atoms with E-state index in [0.29, 0.717) is 21.6 Å². The Morgan fingerprint density at radius 2 is 2.04 bits per heavy atom. The van der Waals surface area contributed by atoms with Crippen LogP contribution in [0.4, 0.5) is 11.4 Å². The molecule has 0 saturated carbocycles. The van der Waals surface area contributed by atoms with Crippen LogP contribution >= 0.6 is 39.3 Å². The number of carbonyl (C=O) groups is 2. The summed E-state index contributed by atoms with van der Waals surface area (Å²) < 4.78 is 0.926. The van der Waals surface area contributed by atoms with Crippen LogP contribution in [-0.4, -0.2) is 34.2 Å². The Balaban J connectivity index is 1.77. The molecule has 2 aromatic rings. The fourth-order valence-corrected chi connectivity index (χ4v) is 3.82. The number of nitrogens with zero attached hydrogens (tertiary/aromatic N) is 2. The van der Waals surface area contributed by atoms with Crippen LogP contribution in [0.5, 0.6) is 0 Å². The molecule has 5 nitrogen and oxygen atoms in total. The number of benzene rings is 2. The van der Waals surface area contributed by atoms with Crippen LogP contribution in [0.15, 0.2) is 58.0 Å². The maximum absolute atomic E-state index is 12.6. The third-order valence-electron chi connectivity index (χ3n) is 3.71. The first-order valence-corrected chi connectivity index (χ1v) is 9.81. The molecule has 1 saturated heterocycles. The van der Waals surface area contributed by atoms with E-state index in [1.165, 1.54) is 16.7 Å². The monoisotopic (exact) mass is 451 g/mol. The van der Waals surface area contributed by atoms with Gasteiger partial charge in [0.1, 0.15) is 5.25 Å². The van der Waals surface area contributed by atoms with Crippen LogP contribution in [0.25, 0.3) is 0 Å². The minimum absolute atomic E-state index is 0.123. The van der Waals surface area contributed by atoms with Gasteiger partial charge in [-0.15, -0.1) is 0 Å². The minimum Gasteiger partial charge on any atom is -0.325 e. The largest absolute Gasteiger partial charge is 0.325 e. The summed E-state index contributed by atoms with van der Waals surface area (Å²) in [7, 11) is 1.65. The molecule has 8 heteroatoms. The fourth-order valence-electron chi connectivity index (χ4n) is 2.31. The molecule has 1 atom stereocenters. The lowest BCUT2D eigenvalue weighted by Gasteiger charge is -2.28. The highest BCUT2D eigenvalue weighted by Crippen LogP contribution is 2.29. The van der Waals surface area contributed by atoms with Crippen molar-refractivity contribution in [3.05, 3.63) is 58.0 Å². The molecule has 2 aromatic carbocycles. The van der Waals surface area contributed by atoms with Crippen molar-refractivity contribution in [2.75, 3.05) is 12.4 Å². The molecule has 0 aromatic heterocycles. The van der Waals surface area contributed by atoms with Gasteiger partial charge < -0.3 is 5.32 Å². The maximum Gasteiger partial charge on any atom is 0.238 e. The van der Waals surface area contributed by atoms with Crippen molar-refractivity contribution in [2.45, 2.75) is 11.7 Å². The lowest BCUT2D eigenvalue weighted by atomic mass is 10.2. The molecule has 1 aliphatic rings. The molecule has 1 aliphatic heterocycles. The van der Waals surface area contributed by atoms with Gasteiger partial charge in [-0.3, -0.25) is 14.5 Å². The summed E-state index contributed by atoms with van der Waals surface area (Å²) >= 11 is 10.6. The smallest absolute Gasteiger partial charge is 0.238 e. The van der Waals surface area contributed by atoms with Crippen LogP contribution < -0.4 is 5.32 Å². The van der Waals surface area contributed by atoms with E-state index in [-0.39, 0.29) is 18.2 Å². The second kappa shape index (κ2) is 8.24. The zero-order valence-electron chi connectivity index (χ0n) is 13.8. The van der Waals surface area contributed by atoms with Gasteiger partial charge in [0.15, 0.2) is 5.17 Å². The number of hydrogen-bond acceptors (Lipinski definition) is 4. The quantitative estimate of drug-likeness (QED) is 0.735. The summed E-state index contributed by atoms with van der Waals surface area (Å²) in [6.07, 6.45) is 0.123. The second-order valence-corrected chi connectivity index (χ2v) is 8.16. The van der Waals surface area contributed by atoms with E-state index in [1.807, 2.05) is 12.1 Å². The summed E-state index contributed by atoms with van der Waals surface area (Å²) in [5.74, 6) is -0.377. The Labute approximate surface area is 168 Å². The molecule has 1 unspecified atom stereocenters. The van der Waals surface area contributed by atoms with E-state index < -0.39 is 5.25 Å². The highest BCUT2D eigenvalue weighted by molar-refractivity contribution is 9.10. The van der Waals surface area contributed by atoms with Crippen LogP contribution in [0, 0.1) is 0 Å². The van der Waals surface area contributed by atoms with Gasteiger partial charge in [0.2, 0.25) is 11.8 Å². The number of halogens is 2. The van der Waals surface area contributed by atoms with Crippen LogP contribution in [0.3, 0.4) is 0 Å². The first kappa shape index (κ1) is 18.9. The minimum atomic E-state index is -0.541. The Morgan fingerprint density at radius 3 is 2.73 bits per heavy atom. The predicted octanol–water partition coefficient (Wildman–Crippen LogP) is 4.69. The second-order valence-electron chi connectivity index (χ2n) is 5.63. The average molecular weight is 453 g/mol. The van der Waals surface area contributed by atoms with Gasteiger partial charge in [-0.05, 0) is 42.5 Å². The van der Waals surface area contributed by atoms with Crippen LogP contribution in [0.2, 0.25) is 5.02 Å². The van der Waals surface area contributed by atoms with Crippen LogP contribution in [0.1, 0.15) is 6.42 Å². The molecular weight excluding hydrogens is 438 g/mol. The Hall–Kier alpha value is -1.83. The Morgan fingerprint density at radius 1 is 1.31 bits per heavy atom. The van der Waals surface area contributed by atoms with Crippen molar-refractivity contribution in [3.8, 4) is 0 Å². The lowest BCUT2D eigenvalue weighted by Crippen LogP contribution is -2.43. The van der Waals surface area contributed by atoms with E-state index in [2.05, 4.69) is 26.2 Å². The third-order valence-corrected chi connectivity index (χ3v) is 5.71. The van der Waals surface area contributed by atoms with Gasteiger partial charge in [0, 0.05) is 28.7 Å². The number of rotatable bonds is 3. The number of hydrogen-bond donors (Lipinski definition) is 1. The summed E-state index contributed by atoms with van der Waals surface area (Å²) in [6.45, 7) is 0. The number of carbonyl (C=O) groups excluding carboxylic acids is 2. The molecule has 0 aliphatic carbocycles. The predicted molar refractivity (Wildman–Crippen MR) is 110 cm³/mol. The van der Waals surface area contributed by atoms with Crippen molar-refractivity contribution in [1.29, 1.82) is 0 Å². The molecule has 0 spiro atoms. The number of amides is 2. The first-order chi connectivity index (χ1) is 12.4. The molecule has 1 fully saturated rings. The van der Waals surface area contributed by atoms with Crippen LogP contribution in [-0.2, 0) is 9.59 Å². The third kappa shape index (κ3) is 4.66. The zero-order valence-corrected chi connectivity index (χ0v) is 16.9. The maximum atomic E-state index is 12.6. The van der Waals surface area contributed by atoms with Crippen molar-refractivity contribution >= 4 is 67.6 Å². The van der Waals surface area contributed by atoms with Crippen molar-refractivity contribution in [3.63, 3.8) is 0 Å². The highest BCUT2D eigenvalue weighted by atomic mass is 79.9. The van der Waals surface area contributed by atoms with Gasteiger partial charge in [0.05, 0.1) is 5.69 Å². The van der Waals surface area contributed by atoms with E-state index in [0.717, 1.165) is 4.47 Å². The number of anilines is 1. The van der Waals surface area contributed by atoms with Gasteiger partial charge >= 0.3 is 0 Å². The lowest BCUT2D eigenvalue weighted by molar-refractivity contribution is -0.128. The number of aliphatic imine (C=N–C) groups is 1. The summed E-state index contributed by atoms with van der Waals surface area (Å²) in [5.41, 5.74) is 1.31. The van der Waals surface area contributed by atoms with E-state index in [4.69, 9.17) is 11.6 Å². The number of nitrogens with one attached hydrogen (secondary N) is 1. The molecule has 1 N–H and O–H groups in total. The van der Waals surface area contributed by atoms with Crippen molar-refractivity contribution in [1.82, 2.24) is 4.90 Å². The molecular formula is C18H15BrClN3O2S. The van der Waals surface area contributed by atoms with Gasteiger partial charge in [-0.1, -0.05) is 45.4 Å². The molecule has 0 radical (unpaired) electrons. The molecule has 3 rings (SSSR count). The zero-order chi connectivity index (χ0) is 18.7. The van der Waals surface area contributed by atoms with Crippen molar-refractivity contribution < 1.29 is 9.59 Å². The Kier molecular flexibility index (Phi) is 6.01. The molecule has 0 bridgehead atoms. The average Bonchev–Trinajstić information content (AvgIpc) is 2.60. The van der Waals surface area contributed by atoms with Gasteiger partial charge in [-0.2, -0.15) is 0 Å². The SMILES string of the molecule is CN1C(=O)CC(C(=O)Nc2ccc(Br)cc2)SC1=Nc1cccc(Cl)c1. The Bertz CT molecular complexity index is 873. The molecule has 1 heterocycles. The van der Waals surface area contributed by atoms with Crippen molar-refractivity contribution in [2.24, 2.45) is 4.99 Å². The number of amidine groups is 1. The number of thioether (sulfide) groups is 1. The molecule has 134 valence electrons. The topological polar surface area (TPSA) is 61.8 Å². The highest BCUT2D eigenvalue weighted by Gasteiger charge is 2.34. The standard InChI is InChI=1S/C18H15BrClN3O2S/c1-23-16(24)10-15(17(25)21-13-7-5-11(19)6-8-13)26-18(23)22-14-4-2-3-12(20)9-14/h2-9,15H,10H2,1H3,(H,21,25). The van der Waals surface area contributed by atoms with Gasteiger partial charge in [0.25, 0.3) is 0 Å². The van der Waals surface area contributed by atoms with E-state index in [9.17, 15) is 9.59 Å². The summed E-state index contributed by atoms with van der Waals surface area (Å²) in [5, 5.41) is 3.33. The van der Waals surface area contributed by atoms with E-state index in [1.54, 1.807) is 43.4 Å². The first-order valence-electron chi connectivity index (χ1n) is 7.76. The molecule has 2 amide bonds. The summed E-state index contributed by atoms with van der Waals surface area (Å²) in [6, 6.07) is 14.3. The van der Waals surface area contributed by atoms with E-state index >= 15 is 0 Å². The summed E-state index contributed by atoms with van der Waals surface area (Å²) in [4.78, 5) is 30.8. The fraction of sp³-hybridized carbons (Fsp3) is 0.167.